The Hall–Kier alpha value is -3.46. The molecule has 2 aromatic carbocycles. The van der Waals surface area contributed by atoms with Gasteiger partial charge >= 0.3 is 5.97 Å². The molecular weight excluding hydrogens is 413 g/mol. The minimum Gasteiger partial charge on any atom is -0.480 e. The van der Waals surface area contributed by atoms with Crippen molar-refractivity contribution in [1.29, 1.82) is 0 Å². The van der Waals surface area contributed by atoms with E-state index in [-0.39, 0.29) is 24.7 Å². The van der Waals surface area contributed by atoms with Crippen LogP contribution in [0.25, 0.3) is 0 Å². The number of benzene rings is 2. The highest BCUT2D eigenvalue weighted by Gasteiger charge is 2.17. The highest BCUT2D eigenvalue weighted by molar-refractivity contribution is 6.05. The number of nitrogens with zero attached hydrogens (tertiary/aromatic N) is 2. The van der Waals surface area contributed by atoms with Gasteiger partial charge in [0.2, 0.25) is 0 Å². The number of anilines is 1. The molecule has 3 rings (SSSR count). The van der Waals surface area contributed by atoms with Crippen LogP contribution in [0.1, 0.15) is 40.7 Å². The summed E-state index contributed by atoms with van der Waals surface area (Å²) in [5.74, 6) is -2.02. The molecule has 32 heavy (non-hydrogen) atoms. The average Bonchev–Trinajstić information content (AvgIpc) is 2.79. The molecule has 0 aromatic heterocycles. The van der Waals surface area contributed by atoms with Gasteiger partial charge in [0.15, 0.2) is 5.96 Å². The largest absolute Gasteiger partial charge is 0.480 e. The number of nitrogens with two attached hydrogens (primary N) is 2. The Morgan fingerprint density at radius 1 is 1.12 bits per heavy atom. The monoisotopic (exact) mass is 441 g/mol. The zero-order chi connectivity index (χ0) is 23.1. The van der Waals surface area contributed by atoms with Crippen molar-refractivity contribution in [3.63, 3.8) is 0 Å². The predicted molar refractivity (Wildman–Crippen MR) is 121 cm³/mol. The predicted octanol–water partition coefficient (Wildman–Crippen LogP) is 2.02. The van der Waals surface area contributed by atoms with Crippen molar-refractivity contribution in [3.05, 3.63) is 65.0 Å². The molecule has 0 unspecified atom stereocenters. The molecule has 1 fully saturated rings. The van der Waals surface area contributed by atoms with Gasteiger partial charge in [-0.1, -0.05) is 18.2 Å². The maximum atomic E-state index is 14.5. The lowest BCUT2D eigenvalue weighted by Crippen LogP contribution is -2.37. The molecule has 8 nitrogen and oxygen atoms in total. The lowest BCUT2D eigenvalue weighted by atomic mass is 10.0. The van der Waals surface area contributed by atoms with Crippen molar-refractivity contribution in [2.45, 2.75) is 38.3 Å². The third-order valence-corrected chi connectivity index (χ3v) is 5.43. The number of carboxylic acid groups (broad SMARTS) is 1. The molecule has 1 aliphatic heterocycles. The summed E-state index contributed by atoms with van der Waals surface area (Å²) >= 11 is 0. The molecule has 0 spiro atoms. The Kier molecular flexibility index (Phi) is 7.77. The lowest BCUT2D eigenvalue weighted by Gasteiger charge is -2.30. The van der Waals surface area contributed by atoms with E-state index in [2.05, 4.69) is 15.2 Å². The Bertz CT molecular complexity index is 988. The van der Waals surface area contributed by atoms with Gasteiger partial charge in [0.05, 0.1) is 6.54 Å². The number of carbonyl (C=O) groups is 2. The first-order valence-corrected chi connectivity index (χ1v) is 10.6. The Balaban J connectivity index is 1.64. The van der Waals surface area contributed by atoms with Crippen LogP contribution in [0, 0.1) is 5.82 Å². The molecule has 1 heterocycles. The van der Waals surface area contributed by atoms with Gasteiger partial charge in [-0.3, -0.25) is 14.9 Å². The van der Waals surface area contributed by atoms with Crippen LogP contribution < -0.4 is 21.7 Å². The van der Waals surface area contributed by atoms with Crippen LogP contribution in [0.5, 0.6) is 0 Å². The summed E-state index contributed by atoms with van der Waals surface area (Å²) in [4.78, 5) is 29.6. The van der Waals surface area contributed by atoms with Crippen LogP contribution in [-0.2, 0) is 17.8 Å². The molecule has 0 radical (unpaired) electrons. The number of halogens is 1. The number of aliphatic imine (C=N–C) groups is 1. The number of hydrogen-bond donors (Lipinski definition) is 4. The van der Waals surface area contributed by atoms with Crippen molar-refractivity contribution in [2.75, 3.05) is 18.0 Å². The fourth-order valence-corrected chi connectivity index (χ4v) is 3.66. The minimum absolute atomic E-state index is 0.0106. The van der Waals surface area contributed by atoms with Gasteiger partial charge in [-0.25, -0.2) is 9.38 Å². The third kappa shape index (κ3) is 6.04. The summed E-state index contributed by atoms with van der Waals surface area (Å²) in [6.07, 6.45) is 3.46. The number of amides is 1. The second kappa shape index (κ2) is 10.7. The van der Waals surface area contributed by atoms with Crippen LogP contribution in [0.2, 0.25) is 0 Å². The van der Waals surface area contributed by atoms with E-state index in [1.54, 1.807) is 30.3 Å². The van der Waals surface area contributed by atoms with E-state index in [9.17, 15) is 14.0 Å². The highest BCUT2D eigenvalue weighted by Crippen LogP contribution is 2.27. The lowest BCUT2D eigenvalue weighted by molar-refractivity contribution is -0.138. The van der Waals surface area contributed by atoms with E-state index in [0.717, 1.165) is 31.6 Å². The maximum Gasteiger partial charge on any atom is 0.320 e. The second-order valence-corrected chi connectivity index (χ2v) is 7.79. The van der Waals surface area contributed by atoms with Crippen LogP contribution in [0.15, 0.2) is 47.5 Å². The summed E-state index contributed by atoms with van der Waals surface area (Å²) in [5, 5.41) is 11.4. The third-order valence-electron chi connectivity index (χ3n) is 5.43. The smallest absolute Gasteiger partial charge is 0.320 e. The minimum atomic E-state index is -1.09. The number of rotatable bonds is 7. The number of hydrogen-bond acceptors (Lipinski definition) is 5. The van der Waals surface area contributed by atoms with Crippen LogP contribution in [-0.4, -0.2) is 42.1 Å². The molecule has 1 amide bonds. The number of aliphatic carboxylic acids is 1. The first-order chi connectivity index (χ1) is 15.3. The zero-order valence-electron chi connectivity index (χ0n) is 17.8. The van der Waals surface area contributed by atoms with E-state index >= 15 is 0 Å². The first-order valence-electron chi connectivity index (χ1n) is 10.6. The number of carboxylic acids is 1. The maximum absolute atomic E-state index is 14.5. The van der Waals surface area contributed by atoms with Crippen molar-refractivity contribution in [2.24, 2.45) is 16.5 Å². The zero-order valence-corrected chi connectivity index (χ0v) is 17.8. The van der Waals surface area contributed by atoms with Crippen molar-refractivity contribution in [3.8, 4) is 0 Å². The topological polar surface area (TPSA) is 134 Å². The number of carbonyl (C=O) groups excluding carboxylic acids is 1. The van der Waals surface area contributed by atoms with Gasteiger partial charge in [0.25, 0.3) is 5.91 Å². The molecular formula is C23H28FN5O3. The Morgan fingerprint density at radius 2 is 1.81 bits per heavy atom. The highest BCUT2D eigenvalue weighted by atomic mass is 19.1. The molecule has 0 saturated carbocycles. The Morgan fingerprint density at radius 3 is 2.47 bits per heavy atom. The summed E-state index contributed by atoms with van der Waals surface area (Å²) in [6.45, 7) is 1.76. The molecule has 9 heteroatoms. The molecule has 2 aromatic rings. The van der Waals surface area contributed by atoms with E-state index in [1.165, 1.54) is 12.5 Å². The van der Waals surface area contributed by atoms with E-state index in [0.29, 0.717) is 16.7 Å². The molecule has 170 valence electrons. The summed E-state index contributed by atoms with van der Waals surface area (Å²) < 4.78 is 14.5. The van der Waals surface area contributed by atoms with E-state index < -0.39 is 17.9 Å². The second-order valence-electron chi connectivity index (χ2n) is 7.79. The van der Waals surface area contributed by atoms with Crippen LogP contribution in [0.4, 0.5) is 10.1 Å². The number of piperidine rings is 1. The fourth-order valence-electron chi connectivity index (χ4n) is 3.66. The summed E-state index contributed by atoms with van der Waals surface area (Å²) in [7, 11) is 0. The fraction of sp³-hybridized carbons (Fsp3) is 0.348. The summed E-state index contributed by atoms with van der Waals surface area (Å²) in [5.41, 5.74) is 13.7. The van der Waals surface area contributed by atoms with E-state index in [4.69, 9.17) is 16.6 Å². The number of guanidine groups is 1. The van der Waals surface area contributed by atoms with Crippen LogP contribution >= 0.6 is 0 Å². The first kappa shape index (κ1) is 23.2. The quantitative estimate of drug-likeness (QED) is 0.384. The van der Waals surface area contributed by atoms with Gasteiger partial charge < -0.3 is 21.5 Å². The SMILES string of the molecule is NC(=NCc1c(F)cccc1N1CCCCC1)NC(=O)c1ccc(C[C@H](N)C(=O)O)cc1. The Labute approximate surface area is 186 Å². The molecule has 6 N–H and O–H groups in total. The van der Waals surface area contributed by atoms with Crippen molar-refractivity contribution >= 4 is 23.5 Å². The van der Waals surface area contributed by atoms with Gasteiger partial charge in [0, 0.05) is 29.9 Å². The normalized spacial score (nSPS) is 15.3. The number of nitrogens with one attached hydrogen (secondary N) is 1. The van der Waals surface area contributed by atoms with Crippen LogP contribution in [0.3, 0.4) is 0 Å². The van der Waals surface area contributed by atoms with Crippen molar-refractivity contribution in [1.82, 2.24) is 5.32 Å². The van der Waals surface area contributed by atoms with Gasteiger partial charge in [0.1, 0.15) is 11.9 Å². The molecule has 1 saturated heterocycles. The van der Waals surface area contributed by atoms with Gasteiger partial charge in [-0.05, 0) is 55.5 Å². The van der Waals surface area contributed by atoms with Gasteiger partial charge in [-0.15, -0.1) is 0 Å². The molecule has 1 atom stereocenters. The molecule has 0 bridgehead atoms. The van der Waals surface area contributed by atoms with Gasteiger partial charge in [-0.2, -0.15) is 0 Å². The van der Waals surface area contributed by atoms with E-state index in [1.807, 2.05) is 6.07 Å². The standard InChI is InChI=1S/C23H28FN5O3/c24-18-5-4-6-20(29-11-2-1-3-12-29)17(18)14-27-23(26)28-21(30)16-9-7-15(8-10-16)13-19(25)22(31)32/h4-10,19H,1-3,11-14,25H2,(H,31,32)(H3,26,27,28,30)/t19-/m0/s1. The summed E-state index contributed by atoms with van der Waals surface area (Å²) in [6, 6.07) is 10.3. The van der Waals surface area contributed by atoms with Crippen molar-refractivity contribution < 1.29 is 19.1 Å². The molecule has 0 aliphatic carbocycles. The average molecular weight is 442 g/mol. The molecule has 1 aliphatic rings.